The first-order valence-corrected chi connectivity index (χ1v) is 8.32. The number of nitrogens with zero attached hydrogens (tertiary/aromatic N) is 4. The van der Waals surface area contributed by atoms with Crippen molar-refractivity contribution in [2.75, 3.05) is 27.2 Å². The van der Waals surface area contributed by atoms with Crippen molar-refractivity contribution in [3.8, 4) is 0 Å². The molecule has 6 nitrogen and oxygen atoms in total. The molecule has 22 heavy (non-hydrogen) atoms. The Kier molecular flexibility index (Phi) is 4.66. The van der Waals surface area contributed by atoms with Crippen molar-refractivity contribution in [2.45, 2.75) is 44.8 Å². The molecule has 1 atom stereocenters. The highest BCUT2D eigenvalue weighted by atomic mass is 16.2. The second-order valence-electron chi connectivity index (χ2n) is 6.94. The summed E-state index contributed by atoms with van der Waals surface area (Å²) in [6, 6.07) is 0.440. The third kappa shape index (κ3) is 3.61. The first-order chi connectivity index (χ1) is 10.6. The topological polar surface area (TPSA) is 53.4 Å². The molecule has 1 unspecified atom stereocenters. The standard InChI is InChI=1S/C16H27N5O/c1-19(2)9-13-10-20-8-7-17-15(20)12-21(11-13)16(22)18-14-5-3-4-6-14/h7-8,13-14H,3-6,9-12H2,1-2H3,(H,18,22). The van der Waals surface area contributed by atoms with Crippen LogP contribution in [0.15, 0.2) is 12.4 Å². The summed E-state index contributed by atoms with van der Waals surface area (Å²) in [5.74, 6) is 1.42. The maximum absolute atomic E-state index is 12.6. The van der Waals surface area contributed by atoms with Crippen molar-refractivity contribution >= 4 is 6.03 Å². The van der Waals surface area contributed by atoms with Crippen molar-refractivity contribution in [1.82, 2.24) is 24.7 Å². The smallest absolute Gasteiger partial charge is 0.318 e. The van der Waals surface area contributed by atoms with Crippen LogP contribution in [0, 0.1) is 5.92 Å². The highest BCUT2D eigenvalue weighted by molar-refractivity contribution is 5.74. The number of aromatic nitrogens is 2. The number of carbonyl (C=O) groups is 1. The zero-order chi connectivity index (χ0) is 15.5. The summed E-state index contributed by atoms with van der Waals surface area (Å²) in [4.78, 5) is 21.2. The Balaban J connectivity index is 1.70. The van der Waals surface area contributed by atoms with Crippen LogP contribution in [0.4, 0.5) is 4.79 Å². The molecule has 2 heterocycles. The van der Waals surface area contributed by atoms with Crippen LogP contribution in [0.1, 0.15) is 31.5 Å². The van der Waals surface area contributed by atoms with E-state index in [0.717, 1.165) is 38.3 Å². The van der Waals surface area contributed by atoms with Gasteiger partial charge in [-0.25, -0.2) is 9.78 Å². The van der Waals surface area contributed by atoms with Crippen molar-refractivity contribution in [3.63, 3.8) is 0 Å². The minimum absolute atomic E-state index is 0.0760. The molecular formula is C16H27N5O. The molecule has 1 aliphatic carbocycles. The van der Waals surface area contributed by atoms with Gasteiger partial charge >= 0.3 is 6.03 Å². The van der Waals surface area contributed by atoms with Gasteiger partial charge in [0.05, 0.1) is 6.54 Å². The molecule has 0 aromatic carbocycles. The fourth-order valence-electron chi connectivity index (χ4n) is 3.66. The molecule has 0 spiro atoms. The highest BCUT2D eigenvalue weighted by Crippen LogP contribution is 2.20. The lowest BCUT2D eigenvalue weighted by atomic mass is 10.1. The van der Waals surface area contributed by atoms with Gasteiger partial charge in [0.2, 0.25) is 0 Å². The lowest BCUT2D eigenvalue weighted by molar-refractivity contribution is 0.175. The summed E-state index contributed by atoms with van der Waals surface area (Å²) >= 11 is 0. The predicted octanol–water partition coefficient (Wildman–Crippen LogP) is 1.53. The van der Waals surface area contributed by atoms with Gasteiger partial charge in [-0.05, 0) is 26.9 Å². The van der Waals surface area contributed by atoms with E-state index in [-0.39, 0.29) is 6.03 Å². The fourth-order valence-corrected chi connectivity index (χ4v) is 3.66. The monoisotopic (exact) mass is 305 g/mol. The molecule has 1 fully saturated rings. The largest absolute Gasteiger partial charge is 0.335 e. The Labute approximate surface area is 132 Å². The molecule has 0 bridgehead atoms. The molecule has 1 N–H and O–H groups in total. The van der Waals surface area contributed by atoms with Gasteiger partial charge in [0, 0.05) is 44.0 Å². The van der Waals surface area contributed by atoms with Gasteiger partial charge in [-0.1, -0.05) is 12.8 Å². The van der Waals surface area contributed by atoms with Gasteiger partial charge in [-0.2, -0.15) is 0 Å². The number of nitrogens with one attached hydrogen (secondary N) is 1. The Hall–Kier alpha value is -1.56. The molecule has 6 heteroatoms. The van der Waals surface area contributed by atoms with E-state index >= 15 is 0 Å². The average molecular weight is 305 g/mol. The second kappa shape index (κ2) is 6.69. The number of hydrogen-bond acceptors (Lipinski definition) is 3. The quantitative estimate of drug-likeness (QED) is 0.921. The van der Waals surface area contributed by atoms with E-state index in [1.807, 2.05) is 17.3 Å². The van der Waals surface area contributed by atoms with E-state index in [2.05, 4.69) is 33.9 Å². The van der Waals surface area contributed by atoms with Crippen molar-refractivity contribution < 1.29 is 4.79 Å². The number of imidazole rings is 1. The molecule has 122 valence electrons. The van der Waals surface area contributed by atoms with Crippen LogP contribution in [-0.2, 0) is 13.1 Å². The second-order valence-corrected chi connectivity index (χ2v) is 6.94. The van der Waals surface area contributed by atoms with Crippen molar-refractivity contribution in [2.24, 2.45) is 5.92 Å². The molecule has 1 aliphatic heterocycles. The minimum Gasteiger partial charge on any atom is -0.335 e. The summed E-state index contributed by atoms with van der Waals surface area (Å²) in [7, 11) is 4.17. The Morgan fingerprint density at radius 3 is 2.86 bits per heavy atom. The first-order valence-electron chi connectivity index (χ1n) is 8.32. The number of amides is 2. The van der Waals surface area contributed by atoms with E-state index < -0.39 is 0 Å². The van der Waals surface area contributed by atoms with E-state index in [0.29, 0.717) is 18.5 Å². The van der Waals surface area contributed by atoms with E-state index in [9.17, 15) is 4.79 Å². The summed E-state index contributed by atoms with van der Waals surface area (Å²) in [6.07, 6.45) is 8.57. The molecule has 1 aromatic heterocycles. The van der Waals surface area contributed by atoms with Crippen LogP contribution in [0.5, 0.6) is 0 Å². The lowest BCUT2D eigenvalue weighted by Gasteiger charge is -2.27. The lowest BCUT2D eigenvalue weighted by Crippen LogP contribution is -2.46. The Morgan fingerprint density at radius 2 is 2.14 bits per heavy atom. The molecule has 2 aliphatic rings. The average Bonchev–Trinajstić information content (AvgIpc) is 3.07. The number of urea groups is 1. The molecule has 0 radical (unpaired) electrons. The van der Waals surface area contributed by atoms with Gasteiger partial charge in [0.15, 0.2) is 0 Å². The van der Waals surface area contributed by atoms with Gasteiger partial charge in [0.1, 0.15) is 5.82 Å². The number of rotatable bonds is 3. The molecule has 3 rings (SSSR count). The van der Waals surface area contributed by atoms with Gasteiger partial charge in [0.25, 0.3) is 0 Å². The normalized spacial score (nSPS) is 22.7. The SMILES string of the molecule is CN(C)CC1CN(C(=O)NC2CCCC2)Cc2nccn2C1. The van der Waals surface area contributed by atoms with Crippen LogP contribution in [0.25, 0.3) is 0 Å². The molecule has 1 aromatic rings. The number of hydrogen-bond donors (Lipinski definition) is 1. The third-order valence-corrected chi connectivity index (χ3v) is 4.66. The van der Waals surface area contributed by atoms with E-state index in [4.69, 9.17) is 0 Å². The predicted molar refractivity (Wildman–Crippen MR) is 85.5 cm³/mol. The van der Waals surface area contributed by atoms with Crippen molar-refractivity contribution in [1.29, 1.82) is 0 Å². The van der Waals surface area contributed by atoms with Gasteiger partial charge < -0.3 is 19.7 Å². The molecule has 1 saturated carbocycles. The van der Waals surface area contributed by atoms with Crippen molar-refractivity contribution in [3.05, 3.63) is 18.2 Å². The summed E-state index contributed by atoms with van der Waals surface area (Å²) < 4.78 is 2.19. The van der Waals surface area contributed by atoms with Crippen LogP contribution in [0.2, 0.25) is 0 Å². The van der Waals surface area contributed by atoms with Gasteiger partial charge in [-0.15, -0.1) is 0 Å². The van der Waals surface area contributed by atoms with Crippen LogP contribution in [-0.4, -0.2) is 58.6 Å². The van der Waals surface area contributed by atoms with Crippen LogP contribution < -0.4 is 5.32 Å². The maximum atomic E-state index is 12.6. The Bertz CT molecular complexity index is 506. The van der Waals surface area contributed by atoms with Crippen LogP contribution >= 0.6 is 0 Å². The minimum atomic E-state index is 0.0760. The molecular weight excluding hydrogens is 278 g/mol. The fraction of sp³-hybridized carbons (Fsp3) is 0.750. The zero-order valence-electron chi connectivity index (χ0n) is 13.7. The zero-order valence-corrected chi connectivity index (χ0v) is 13.7. The summed E-state index contributed by atoms with van der Waals surface area (Å²) in [6.45, 7) is 3.31. The highest BCUT2D eigenvalue weighted by Gasteiger charge is 2.27. The maximum Gasteiger partial charge on any atom is 0.318 e. The number of fused-ring (bicyclic) bond motifs is 1. The van der Waals surface area contributed by atoms with Crippen LogP contribution in [0.3, 0.4) is 0 Å². The van der Waals surface area contributed by atoms with Gasteiger partial charge in [-0.3, -0.25) is 0 Å². The molecule has 2 amide bonds. The first kappa shape index (κ1) is 15.3. The van der Waals surface area contributed by atoms with E-state index in [1.165, 1.54) is 12.8 Å². The summed E-state index contributed by atoms with van der Waals surface area (Å²) in [5, 5.41) is 3.21. The molecule has 0 saturated heterocycles. The number of carbonyl (C=O) groups excluding carboxylic acids is 1. The third-order valence-electron chi connectivity index (χ3n) is 4.66. The summed E-state index contributed by atoms with van der Waals surface area (Å²) in [5.41, 5.74) is 0. The van der Waals surface area contributed by atoms with E-state index in [1.54, 1.807) is 0 Å². The Morgan fingerprint density at radius 1 is 1.36 bits per heavy atom.